The molecular formula is C9H8INOS. The van der Waals surface area contributed by atoms with Gasteiger partial charge >= 0.3 is 0 Å². The summed E-state index contributed by atoms with van der Waals surface area (Å²) in [6.07, 6.45) is 0. The van der Waals surface area contributed by atoms with Crippen LogP contribution in [0, 0.1) is 3.57 Å². The quantitative estimate of drug-likeness (QED) is 0.628. The molecule has 3 N–H and O–H groups in total. The highest BCUT2D eigenvalue weighted by atomic mass is 127. The standard InChI is InChI=1S/C9H8INOS/c10-7-3-5(4-12)9-6(8(7)11)1-2-13-9/h1-3,12H,4,11H2. The molecule has 0 aliphatic carbocycles. The number of hydrogen-bond acceptors (Lipinski definition) is 3. The Balaban J connectivity index is 2.87. The first-order valence-corrected chi connectivity index (χ1v) is 5.75. The van der Waals surface area contributed by atoms with E-state index in [9.17, 15) is 0 Å². The van der Waals surface area contributed by atoms with Gasteiger partial charge in [-0.2, -0.15) is 0 Å². The molecule has 0 aliphatic rings. The first-order chi connectivity index (χ1) is 6.24. The van der Waals surface area contributed by atoms with Crippen LogP contribution in [0.1, 0.15) is 5.56 Å². The fourth-order valence-electron chi connectivity index (χ4n) is 1.31. The van der Waals surface area contributed by atoms with Crippen molar-refractivity contribution in [3.63, 3.8) is 0 Å². The summed E-state index contributed by atoms with van der Waals surface area (Å²) in [5, 5.41) is 12.2. The van der Waals surface area contributed by atoms with E-state index in [1.54, 1.807) is 11.3 Å². The van der Waals surface area contributed by atoms with E-state index in [4.69, 9.17) is 10.8 Å². The minimum Gasteiger partial charge on any atom is -0.397 e. The normalized spacial score (nSPS) is 10.9. The van der Waals surface area contributed by atoms with Crippen molar-refractivity contribution >= 4 is 49.7 Å². The predicted octanol–water partition coefficient (Wildman–Crippen LogP) is 2.58. The third-order valence-electron chi connectivity index (χ3n) is 1.98. The molecule has 0 bridgehead atoms. The van der Waals surface area contributed by atoms with Gasteiger partial charge < -0.3 is 10.8 Å². The molecule has 0 saturated carbocycles. The molecule has 1 aromatic heterocycles. The van der Waals surface area contributed by atoms with Crippen molar-refractivity contribution in [1.82, 2.24) is 0 Å². The molecular weight excluding hydrogens is 297 g/mol. The first kappa shape index (κ1) is 9.23. The van der Waals surface area contributed by atoms with Crippen molar-refractivity contribution in [2.75, 3.05) is 5.73 Å². The molecule has 0 unspecified atom stereocenters. The molecule has 13 heavy (non-hydrogen) atoms. The van der Waals surface area contributed by atoms with Crippen LogP contribution >= 0.6 is 33.9 Å². The maximum absolute atomic E-state index is 9.13. The second-order valence-corrected chi connectivity index (χ2v) is 4.83. The maximum atomic E-state index is 9.13. The Bertz CT molecular complexity index is 452. The van der Waals surface area contributed by atoms with Gasteiger partial charge in [0.1, 0.15) is 0 Å². The summed E-state index contributed by atoms with van der Waals surface area (Å²) in [5.41, 5.74) is 7.68. The number of thiophene rings is 1. The predicted molar refractivity (Wildman–Crippen MR) is 64.9 cm³/mol. The lowest BCUT2D eigenvalue weighted by atomic mass is 10.1. The number of fused-ring (bicyclic) bond motifs is 1. The SMILES string of the molecule is Nc1c(I)cc(CO)c2sccc12. The Morgan fingerprint density at radius 2 is 2.31 bits per heavy atom. The van der Waals surface area contributed by atoms with E-state index in [0.29, 0.717) is 0 Å². The third-order valence-corrected chi connectivity index (χ3v) is 3.86. The summed E-state index contributed by atoms with van der Waals surface area (Å²) in [7, 11) is 0. The van der Waals surface area contributed by atoms with Crippen molar-refractivity contribution in [3.05, 3.63) is 26.6 Å². The van der Waals surface area contributed by atoms with Gasteiger partial charge in [-0.25, -0.2) is 0 Å². The van der Waals surface area contributed by atoms with Gasteiger partial charge in [-0.3, -0.25) is 0 Å². The molecule has 1 aromatic carbocycles. The van der Waals surface area contributed by atoms with E-state index in [1.165, 1.54) is 0 Å². The topological polar surface area (TPSA) is 46.2 Å². The Hall–Kier alpha value is -0.330. The van der Waals surface area contributed by atoms with Gasteiger partial charge in [0.25, 0.3) is 0 Å². The molecule has 0 spiro atoms. The molecule has 2 nitrogen and oxygen atoms in total. The third kappa shape index (κ3) is 1.43. The van der Waals surface area contributed by atoms with Crippen molar-refractivity contribution in [2.24, 2.45) is 0 Å². The molecule has 0 fully saturated rings. The van der Waals surface area contributed by atoms with Crippen molar-refractivity contribution in [3.8, 4) is 0 Å². The monoisotopic (exact) mass is 305 g/mol. The number of hydrogen-bond donors (Lipinski definition) is 2. The van der Waals surface area contributed by atoms with E-state index >= 15 is 0 Å². The van der Waals surface area contributed by atoms with Crippen LogP contribution in [0.4, 0.5) is 5.69 Å². The lowest BCUT2D eigenvalue weighted by Crippen LogP contribution is -1.93. The van der Waals surface area contributed by atoms with Crippen LogP contribution in [0.3, 0.4) is 0 Å². The lowest BCUT2D eigenvalue weighted by Gasteiger charge is -2.04. The number of aliphatic hydroxyl groups is 1. The van der Waals surface area contributed by atoms with E-state index in [2.05, 4.69) is 22.6 Å². The molecule has 4 heteroatoms. The highest BCUT2D eigenvalue weighted by Gasteiger charge is 2.08. The molecule has 0 amide bonds. The molecule has 2 aromatic rings. The Morgan fingerprint density at radius 1 is 1.54 bits per heavy atom. The zero-order valence-electron chi connectivity index (χ0n) is 6.75. The average Bonchev–Trinajstić information content (AvgIpc) is 2.60. The molecule has 1 heterocycles. The van der Waals surface area contributed by atoms with Crippen molar-refractivity contribution in [1.29, 1.82) is 0 Å². The Kier molecular flexibility index (Phi) is 2.44. The van der Waals surface area contributed by atoms with Gasteiger partial charge in [-0.05, 0) is 45.7 Å². The Morgan fingerprint density at radius 3 is 3.00 bits per heavy atom. The van der Waals surface area contributed by atoms with Crippen molar-refractivity contribution < 1.29 is 5.11 Å². The smallest absolute Gasteiger partial charge is 0.0696 e. The number of halogens is 1. The molecule has 0 radical (unpaired) electrons. The van der Waals surface area contributed by atoms with E-state index in [1.807, 2.05) is 17.5 Å². The summed E-state index contributed by atoms with van der Waals surface area (Å²) < 4.78 is 2.10. The van der Waals surface area contributed by atoms with Gasteiger partial charge in [0.05, 0.1) is 12.3 Å². The summed E-state index contributed by atoms with van der Waals surface area (Å²) in [6, 6.07) is 3.94. The van der Waals surface area contributed by atoms with Crippen LogP contribution in [0.5, 0.6) is 0 Å². The zero-order valence-corrected chi connectivity index (χ0v) is 9.72. The fourth-order valence-corrected chi connectivity index (χ4v) is 2.90. The van der Waals surface area contributed by atoms with Crippen LogP contribution in [0.15, 0.2) is 17.5 Å². The summed E-state index contributed by atoms with van der Waals surface area (Å²) >= 11 is 3.81. The number of nitrogens with two attached hydrogens (primary N) is 1. The number of benzene rings is 1. The number of nitrogen functional groups attached to an aromatic ring is 1. The minimum atomic E-state index is 0.0767. The maximum Gasteiger partial charge on any atom is 0.0696 e. The second kappa shape index (κ2) is 3.43. The molecule has 0 saturated heterocycles. The molecule has 0 aliphatic heterocycles. The number of anilines is 1. The van der Waals surface area contributed by atoms with E-state index < -0.39 is 0 Å². The van der Waals surface area contributed by atoms with Crippen molar-refractivity contribution in [2.45, 2.75) is 6.61 Å². The van der Waals surface area contributed by atoms with Gasteiger partial charge in [0.15, 0.2) is 0 Å². The minimum absolute atomic E-state index is 0.0767. The first-order valence-electron chi connectivity index (χ1n) is 3.79. The fraction of sp³-hybridized carbons (Fsp3) is 0.111. The van der Waals surface area contributed by atoms with Crippen LogP contribution in [0.2, 0.25) is 0 Å². The van der Waals surface area contributed by atoms with Crippen LogP contribution in [-0.2, 0) is 6.61 Å². The van der Waals surface area contributed by atoms with Crippen LogP contribution in [0.25, 0.3) is 10.1 Å². The highest BCUT2D eigenvalue weighted by molar-refractivity contribution is 14.1. The molecule has 0 atom stereocenters. The van der Waals surface area contributed by atoms with Crippen LogP contribution in [-0.4, -0.2) is 5.11 Å². The lowest BCUT2D eigenvalue weighted by molar-refractivity contribution is 0.283. The largest absolute Gasteiger partial charge is 0.397 e. The number of rotatable bonds is 1. The molecule has 68 valence electrons. The Labute approximate surface area is 93.5 Å². The van der Waals surface area contributed by atoms with Gasteiger partial charge in [0.2, 0.25) is 0 Å². The highest BCUT2D eigenvalue weighted by Crippen LogP contribution is 2.33. The summed E-state index contributed by atoms with van der Waals surface area (Å²) in [4.78, 5) is 0. The van der Waals surface area contributed by atoms with Gasteiger partial charge in [-0.15, -0.1) is 11.3 Å². The number of aliphatic hydroxyl groups excluding tert-OH is 1. The summed E-state index contributed by atoms with van der Waals surface area (Å²) in [6.45, 7) is 0.0767. The van der Waals surface area contributed by atoms with Gasteiger partial charge in [0, 0.05) is 13.7 Å². The van der Waals surface area contributed by atoms with Gasteiger partial charge in [-0.1, -0.05) is 0 Å². The zero-order chi connectivity index (χ0) is 9.42. The second-order valence-electron chi connectivity index (χ2n) is 2.75. The van der Waals surface area contributed by atoms with Crippen LogP contribution < -0.4 is 5.73 Å². The average molecular weight is 305 g/mol. The van der Waals surface area contributed by atoms with E-state index in [-0.39, 0.29) is 6.61 Å². The summed E-state index contributed by atoms with van der Waals surface area (Å²) in [5.74, 6) is 0. The molecule has 2 rings (SSSR count). The van der Waals surface area contributed by atoms with E-state index in [0.717, 1.165) is 24.9 Å².